The fraction of sp³-hybridized carbons (Fsp3) is 0.667. The molecular weight excluding hydrogens is 384 g/mol. The summed E-state index contributed by atoms with van der Waals surface area (Å²) in [7, 11) is 0. The molecule has 23 heavy (non-hydrogen) atoms. The summed E-state index contributed by atoms with van der Waals surface area (Å²) in [5.74, 6) is 0.716. The standard InChI is InChI=1S/C15H20BrClN4O2/c1-14(2,3)23-13(22)21-7-15(8-21)4-9(5-15)19-11-10(16)6-18-12(17)20-11/h6,9H,4-5,7-8H2,1-3H3,(H,18,19,20). The number of likely N-dealkylation sites (tertiary alicyclic amines) is 1. The van der Waals surface area contributed by atoms with E-state index in [2.05, 4.69) is 31.2 Å². The zero-order valence-electron chi connectivity index (χ0n) is 13.4. The lowest BCUT2D eigenvalue weighted by atomic mass is 9.61. The highest BCUT2D eigenvalue weighted by molar-refractivity contribution is 9.10. The lowest BCUT2D eigenvalue weighted by molar-refractivity contribution is -0.0739. The Labute approximate surface area is 149 Å². The van der Waals surface area contributed by atoms with Crippen LogP contribution in [0.4, 0.5) is 10.6 Å². The van der Waals surface area contributed by atoms with Crippen molar-refractivity contribution in [1.82, 2.24) is 14.9 Å². The largest absolute Gasteiger partial charge is 0.444 e. The molecule has 1 saturated carbocycles. The molecule has 0 atom stereocenters. The first kappa shape index (κ1) is 16.8. The van der Waals surface area contributed by atoms with E-state index in [9.17, 15) is 4.79 Å². The molecule has 1 aliphatic carbocycles. The summed E-state index contributed by atoms with van der Waals surface area (Å²) >= 11 is 9.23. The number of halogens is 2. The Morgan fingerprint density at radius 2 is 2.13 bits per heavy atom. The molecule has 2 fully saturated rings. The fourth-order valence-electron chi connectivity index (χ4n) is 3.21. The van der Waals surface area contributed by atoms with Crippen molar-refractivity contribution >= 4 is 39.4 Å². The highest BCUT2D eigenvalue weighted by Crippen LogP contribution is 2.49. The molecule has 0 unspecified atom stereocenters. The van der Waals surface area contributed by atoms with Gasteiger partial charge in [0.2, 0.25) is 5.28 Å². The first-order valence-electron chi connectivity index (χ1n) is 7.58. The summed E-state index contributed by atoms with van der Waals surface area (Å²) in [5, 5.41) is 3.60. The molecule has 126 valence electrons. The van der Waals surface area contributed by atoms with Crippen LogP contribution in [-0.2, 0) is 4.74 Å². The van der Waals surface area contributed by atoms with Crippen molar-refractivity contribution in [3.8, 4) is 0 Å². The van der Waals surface area contributed by atoms with Crippen LogP contribution in [0.2, 0.25) is 5.28 Å². The SMILES string of the molecule is CC(C)(C)OC(=O)N1CC2(CC(Nc3nc(Cl)ncc3Br)C2)C1. The molecule has 2 heterocycles. The number of hydrogen-bond acceptors (Lipinski definition) is 5. The van der Waals surface area contributed by atoms with Gasteiger partial charge in [0.1, 0.15) is 11.4 Å². The predicted molar refractivity (Wildman–Crippen MR) is 91.6 cm³/mol. The molecule has 2 aliphatic rings. The normalized spacial score (nSPS) is 20.0. The van der Waals surface area contributed by atoms with E-state index in [0.717, 1.165) is 30.4 Å². The molecule has 1 aromatic rings. The zero-order valence-corrected chi connectivity index (χ0v) is 15.7. The highest BCUT2D eigenvalue weighted by Gasteiger charge is 2.54. The van der Waals surface area contributed by atoms with Gasteiger partial charge in [-0.2, -0.15) is 4.98 Å². The molecule has 1 spiro atoms. The number of ether oxygens (including phenoxy) is 1. The van der Waals surface area contributed by atoms with Crippen LogP contribution in [-0.4, -0.2) is 45.7 Å². The van der Waals surface area contributed by atoms with Crippen molar-refractivity contribution in [3.05, 3.63) is 16.0 Å². The van der Waals surface area contributed by atoms with Crippen molar-refractivity contribution in [2.45, 2.75) is 45.3 Å². The molecule has 1 N–H and O–H groups in total. The lowest BCUT2D eigenvalue weighted by Gasteiger charge is -2.58. The van der Waals surface area contributed by atoms with E-state index in [1.807, 2.05) is 20.8 Å². The maximum Gasteiger partial charge on any atom is 0.410 e. The van der Waals surface area contributed by atoms with E-state index in [4.69, 9.17) is 16.3 Å². The molecule has 1 aliphatic heterocycles. The van der Waals surface area contributed by atoms with Crippen LogP contribution in [0.25, 0.3) is 0 Å². The summed E-state index contributed by atoms with van der Waals surface area (Å²) in [6.45, 7) is 7.19. The van der Waals surface area contributed by atoms with Gasteiger partial charge in [-0.1, -0.05) is 0 Å². The molecule has 0 radical (unpaired) electrons. The first-order valence-corrected chi connectivity index (χ1v) is 8.75. The van der Waals surface area contributed by atoms with E-state index in [0.29, 0.717) is 11.9 Å². The van der Waals surface area contributed by atoms with Crippen molar-refractivity contribution in [3.63, 3.8) is 0 Å². The average molecular weight is 404 g/mol. The van der Waals surface area contributed by atoms with Crippen LogP contribution >= 0.6 is 27.5 Å². The minimum atomic E-state index is -0.442. The number of hydrogen-bond donors (Lipinski definition) is 1. The molecule has 8 heteroatoms. The molecule has 1 aromatic heterocycles. The van der Waals surface area contributed by atoms with E-state index in [-0.39, 0.29) is 16.8 Å². The fourth-order valence-corrected chi connectivity index (χ4v) is 3.64. The molecule has 1 amide bonds. The van der Waals surface area contributed by atoms with Gasteiger partial charge in [-0.05, 0) is 61.1 Å². The van der Waals surface area contributed by atoms with Gasteiger partial charge in [-0.25, -0.2) is 9.78 Å². The van der Waals surface area contributed by atoms with Crippen LogP contribution in [0.3, 0.4) is 0 Å². The third-order valence-corrected chi connectivity index (χ3v) is 4.88. The van der Waals surface area contributed by atoms with Crippen LogP contribution in [0.1, 0.15) is 33.6 Å². The van der Waals surface area contributed by atoms with Gasteiger partial charge in [-0.15, -0.1) is 0 Å². The van der Waals surface area contributed by atoms with Crippen LogP contribution in [0.15, 0.2) is 10.7 Å². The number of anilines is 1. The van der Waals surface area contributed by atoms with Gasteiger partial charge < -0.3 is 15.0 Å². The topological polar surface area (TPSA) is 67.3 Å². The first-order chi connectivity index (χ1) is 10.7. The van der Waals surface area contributed by atoms with Crippen LogP contribution < -0.4 is 5.32 Å². The van der Waals surface area contributed by atoms with Gasteiger partial charge >= 0.3 is 6.09 Å². The van der Waals surface area contributed by atoms with Gasteiger partial charge in [0, 0.05) is 30.7 Å². The Morgan fingerprint density at radius 3 is 2.74 bits per heavy atom. The molecule has 0 bridgehead atoms. The second kappa shape index (κ2) is 5.77. The maximum absolute atomic E-state index is 12.0. The Balaban J connectivity index is 1.47. The van der Waals surface area contributed by atoms with Gasteiger partial charge in [-0.3, -0.25) is 0 Å². The second-order valence-electron chi connectivity index (χ2n) is 7.42. The van der Waals surface area contributed by atoms with Crippen LogP contribution in [0, 0.1) is 5.41 Å². The average Bonchev–Trinajstić information content (AvgIpc) is 2.32. The number of nitrogens with one attached hydrogen (secondary N) is 1. The van der Waals surface area contributed by atoms with Crippen molar-refractivity contribution in [1.29, 1.82) is 0 Å². The van der Waals surface area contributed by atoms with Crippen LogP contribution in [0.5, 0.6) is 0 Å². The minimum absolute atomic E-state index is 0.218. The van der Waals surface area contributed by atoms with Gasteiger partial charge in [0.25, 0.3) is 0 Å². The van der Waals surface area contributed by atoms with Gasteiger partial charge in [0.05, 0.1) is 4.47 Å². The molecular formula is C15H20BrClN4O2. The quantitative estimate of drug-likeness (QED) is 0.763. The monoisotopic (exact) mass is 402 g/mol. The van der Waals surface area contributed by atoms with Gasteiger partial charge in [0.15, 0.2) is 0 Å². The molecule has 0 aromatic carbocycles. The van der Waals surface area contributed by atoms with E-state index in [1.165, 1.54) is 0 Å². The maximum atomic E-state index is 12.0. The molecule has 1 saturated heterocycles. The zero-order chi connectivity index (χ0) is 16.8. The number of rotatable bonds is 2. The van der Waals surface area contributed by atoms with E-state index in [1.54, 1.807) is 11.1 Å². The second-order valence-corrected chi connectivity index (χ2v) is 8.61. The third-order valence-electron chi connectivity index (χ3n) is 4.12. The number of carbonyl (C=O) groups is 1. The smallest absolute Gasteiger partial charge is 0.410 e. The highest BCUT2D eigenvalue weighted by atomic mass is 79.9. The number of carbonyl (C=O) groups excluding carboxylic acids is 1. The predicted octanol–water partition coefficient (Wildman–Crippen LogP) is 3.70. The number of amides is 1. The van der Waals surface area contributed by atoms with Crippen molar-refractivity contribution in [2.75, 3.05) is 18.4 Å². The lowest BCUT2D eigenvalue weighted by Crippen LogP contribution is -2.66. The number of nitrogens with zero attached hydrogens (tertiary/aromatic N) is 3. The Hall–Kier alpha value is -1.08. The number of aromatic nitrogens is 2. The summed E-state index contributed by atoms with van der Waals surface area (Å²) in [4.78, 5) is 21.8. The Kier molecular flexibility index (Phi) is 4.21. The summed E-state index contributed by atoms with van der Waals surface area (Å²) in [6, 6.07) is 0.345. The summed E-state index contributed by atoms with van der Waals surface area (Å²) < 4.78 is 6.19. The molecule has 3 rings (SSSR count). The summed E-state index contributed by atoms with van der Waals surface area (Å²) in [5.41, 5.74) is -0.208. The van der Waals surface area contributed by atoms with E-state index >= 15 is 0 Å². The minimum Gasteiger partial charge on any atom is -0.444 e. The Bertz CT molecular complexity index is 620. The third kappa shape index (κ3) is 3.71. The van der Waals surface area contributed by atoms with Crippen molar-refractivity contribution in [2.24, 2.45) is 5.41 Å². The van der Waals surface area contributed by atoms with E-state index < -0.39 is 5.60 Å². The summed E-state index contributed by atoms with van der Waals surface area (Å²) in [6.07, 6.45) is 3.45. The molecule has 6 nitrogen and oxygen atoms in total. The Morgan fingerprint density at radius 1 is 1.48 bits per heavy atom. The van der Waals surface area contributed by atoms with Crippen molar-refractivity contribution < 1.29 is 9.53 Å².